The number of carbonyl (C=O) groups is 1. The maximum atomic E-state index is 12.3. The molecule has 0 bridgehead atoms. The van der Waals surface area contributed by atoms with E-state index in [2.05, 4.69) is 20.7 Å². The molecule has 0 saturated heterocycles. The van der Waals surface area contributed by atoms with E-state index in [1.54, 1.807) is 26.0 Å². The van der Waals surface area contributed by atoms with Crippen molar-refractivity contribution in [3.63, 3.8) is 0 Å². The molecule has 0 saturated carbocycles. The van der Waals surface area contributed by atoms with Gasteiger partial charge in [0.05, 0.1) is 10.3 Å². The Balaban J connectivity index is 3.17. The molecule has 112 valence electrons. The van der Waals surface area contributed by atoms with Crippen molar-refractivity contribution in [1.29, 1.82) is 0 Å². The largest absolute Gasteiger partial charge is 0.481 e. The molecule has 0 spiro atoms. The smallest absolute Gasteiger partial charge is 0.310 e. The second-order valence-electron chi connectivity index (χ2n) is 5.62. The summed E-state index contributed by atoms with van der Waals surface area (Å²) >= 11 is 3.21. The van der Waals surface area contributed by atoms with E-state index >= 15 is 0 Å². The molecule has 0 atom stereocenters. The minimum absolute atomic E-state index is 0.0844. The lowest BCUT2D eigenvalue weighted by Crippen LogP contribution is -2.56. The first-order valence-electron chi connectivity index (χ1n) is 5.93. The first-order chi connectivity index (χ1) is 8.90. The Morgan fingerprint density at radius 1 is 1.25 bits per heavy atom. The van der Waals surface area contributed by atoms with Gasteiger partial charge in [-0.3, -0.25) is 4.79 Å². The van der Waals surface area contributed by atoms with Gasteiger partial charge in [0.1, 0.15) is 0 Å². The highest BCUT2D eigenvalue weighted by Gasteiger charge is 2.45. The molecule has 1 aromatic carbocycles. The van der Waals surface area contributed by atoms with Crippen LogP contribution in [0.5, 0.6) is 0 Å². The molecule has 0 aliphatic heterocycles. The normalized spacial score (nSPS) is 13.2. The van der Waals surface area contributed by atoms with Crippen molar-refractivity contribution in [3.8, 4) is 0 Å². The zero-order valence-electron chi connectivity index (χ0n) is 11.8. The Kier molecular flexibility index (Phi) is 4.68. The summed E-state index contributed by atoms with van der Waals surface area (Å²) in [7, 11) is -3.80. The van der Waals surface area contributed by atoms with Crippen molar-refractivity contribution >= 4 is 31.9 Å². The predicted molar refractivity (Wildman–Crippen MR) is 80.0 cm³/mol. The van der Waals surface area contributed by atoms with E-state index in [-0.39, 0.29) is 4.90 Å². The number of carboxylic acids is 1. The third-order valence-corrected chi connectivity index (χ3v) is 5.74. The molecule has 0 aromatic heterocycles. The summed E-state index contributed by atoms with van der Waals surface area (Å²) in [5, 5.41) is 9.25. The summed E-state index contributed by atoms with van der Waals surface area (Å²) in [6.07, 6.45) is 0. The third kappa shape index (κ3) is 3.39. The van der Waals surface area contributed by atoms with Crippen molar-refractivity contribution < 1.29 is 18.3 Å². The van der Waals surface area contributed by atoms with Crippen molar-refractivity contribution in [2.75, 3.05) is 0 Å². The lowest BCUT2D eigenvalue weighted by molar-refractivity contribution is -0.150. The standard InChI is InChI=1S/C13H18BrNO4S/c1-12(2,11(16)17)13(3,4)15-20(18,19)10-7-5-6-9(14)8-10/h5-8,15H,1-4H3,(H,16,17). The summed E-state index contributed by atoms with van der Waals surface area (Å²) in [6.45, 7) is 6.07. The number of benzene rings is 1. The van der Waals surface area contributed by atoms with Crippen molar-refractivity contribution in [2.24, 2.45) is 5.41 Å². The van der Waals surface area contributed by atoms with E-state index < -0.39 is 26.9 Å². The van der Waals surface area contributed by atoms with E-state index in [0.717, 1.165) is 0 Å². The molecule has 0 unspecified atom stereocenters. The topological polar surface area (TPSA) is 83.5 Å². The molecule has 2 N–H and O–H groups in total. The maximum absolute atomic E-state index is 12.3. The quantitative estimate of drug-likeness (QED) is 0.841. The highest BCUT2D eigenvalue weighted by molar-refractivity contribution is 9.10. The molecule has 0 aliphatic carbocycles. The van der Waals surface area contributed by atoms with Crippen LogP contribution in [-0.2, 0) is 14.8 Å². The molecule has 0 aliphatic rings. The lowest BCUT2D eigenvalue weighted by atomic mass is 9.75. The van der Waals surface area contributed by atoms with Gasteiger partial charge in [-0.05, 0) is 45.9 Å². The Labute approximate surface area is 127 Å². The zero-order chi connectivity index (χ0) is 15.8. The second-order valence-corrected chi connectivity index (χ2v) is 8.22. The van der Waals surface area contributed by atoms with Crippen LogP contribution in [0.25, 0.3) is 0 Å². The van der Waals surface area contributed by atoms with Gasteiger partial charge in [0.25, 0.3) is 0 Å². The monoisotopic (exact) mass is 363 g/mol. The SMILES string of the molecule is CC(C)(NS(=O)(=O)c1cccc(Br)c1)C(C)(C)C(=O)O. The van der Waals surface area contributed by atoms with Crippen LogP contribution in [0.1, 0.15) is 27.7 Å². The molecule has 1 aromatic rings. The molecular weight excluding hydrogens is 346 g/mol. The fourth-order valence-electron chi connectivity index (χ4n) is 1.42. The Morgan fingerprint density at radius 2 is 1.80 bits per heavy atom. The van der Waals surface area contributed by atoms with Gasteiger partial charge >= 0.3 is 5.97 Å². The first kappa shape index (κ1) is 17.1. The number of rotatable bonds is 5. The molecule has 0 heterocycles. The maximum Gasteiger partial charge on any atom is 0.310 e. The number of halogens is 1. The summed E-state index contributed by atoms with van der Waals surface area (Å²) in [5.41, 5.74) is -2.41. The molecular formula is C13H18BrNO4S. The minimum Gasteiger partial charge on any atom is -0.481 e. The summed E-state index contributed by atoms with van der Waals surface area (Å²) < 4.78 is 27.8. The molecule has 0 fully saturated rings. The van der Waals surface area contributed by atoms with Gasteiger partial charge < -0.3 is 5.11 Å². The Bertz CT molecular complexity index is 623. The average Bonchev–Trinajstić information content (AvgIpc) is 2.27. The van der Waals surface area contributed by atoms with E-state index in [1.807, 2.05) is 0 Å². The van der Waals surface area contributed by atoms with E-state index in [0.29, 0.717) is 4.47 Å². The van der Waals surface area contributed by atoms with Crippen molar-refractivity contribution in [3.05, 3.63) is 28.7 Å². The van der Waals surface area contributed by atoms with Gasteiger partial charge in [-0.25, -0.2) is 13.1 Å². The van der Waals surface area contributed by atoms with Gasteiger partial charge in [0.15, 0.2) is 0 Å². The Morgan fingerprint density at radius 3 is 2.25 bits per heavy atom. The number of aliphatic carboxylic acids is 1. The van der Waals surface area contributed by atoms with Crippen LogP contribution in [0, 0.1) is 5.41 Å². The Hall–Kier alpha value is -0.920. The highest BCUT2D eigenvalue weighted by atomic mass is 79.9. The van der Waals surface area contributed by atoms with Gasteiger partial charge in [0.2, 0.25) is 10.0 Å². The van der Waals surface area contributed by atoms with Gasteiger partial charge in [-0.15, -0.1) is 0 Å². The van der Waals surface area contributed by atoms with Gasteiger partial charge in [0, 0.05) is 10.0 Å². The number of nitrogens with one attached hydrogen (secondary N) is 1. The fourth-order valence-corrected chi connectivity index (χ4v) is 3.56. The summed E-state index contributed by atoms with van der Waals surface area (Å²) in [4.78, 5) is 11.4. The van der Waals surface area contributed by atoms with Gasteiger partial charge in [-0.2, -0.15) is 0 Å². The van der Waals surface area contributed by atoms with Crippen LogP contribution in [0.15, 0.2) is 33.6 Å². The summed E-state index contributed by atoms with van der Waals surface area (Å²) in [6, 6.07) is 6.24. The summed E-state index contributed by atoms with van der Waals surface area (Å²) in [5.74, 6) is -1.07. The highest BCUT2D eigenvalue weighted by Crippen LogP contribution is 2.32. The number of hydrogen-bond acceptors (Lipinski definition) is 3. The first-order valence-corrected chi connectivity index (χ1v) is 8.21. The molecule has 20 heavy (non-hydrogen) atoms. The average molecular weight is 364 g/mol. The van der Waals surface area contributed by atoms with Crippen LogP contribution < -0.4 is 4.72 Å². The van der Waals surface area contributed by atoms with E-state index in [4.69, 9.17) is 0 Å². The predicted octanol–water partition coefficient (Wildman–Crippen LogP) is 2.62. The minimum atomic E-state index is -3.80. The molecule has 7 heteroatoms. The molecule has 0 amide bonds. The van der Waals surface area contributed by atoms with Crippen LogP contribution in [0.3, 0.4) is 0 Å². The van der Waals surface area contributed by atoms with E-state index in [1.165, 1.54) is 26.0 Å². The third-order valence-electron chi connectivity index (χ3n) is 3.59. The molecule has 0 radical (unpaired) electrons. The fraction of sp³-hybridized carbons (Fsp3) is 0.462. The number of hydrogen-bond donors (Lipinski definition) is 2. The number of carboxylic acid groups (broad SMARTS) is 1. The number of sulfonamides is 1. The van der Waals surface area contributed by atoms with Crippen molar-refractivity contribution in [1.82, 2.24) is 4.72 Å². The van der Waals surface area contributed by atoms with Crippen LogP contribution in [-0.4, -0.2) is 25.0 Å². The van der Waals surface area contributed by atoms with Crippen LogP contribution in [0.4, 0.5) is 0 Å². The van der Waals surface area contributed by atoms with Gasteiger partial charge in [-0.1, -0.05) is 22.0 Å². The lowest BCUT2D eigenvalue weighted by Gasteiger charge is -2.38. The molecule has 1 rings (SSSR count). The zero-order valence-corrected chi connectivity index (χ0v) is 14.2. The second kappa shape index (κ2) is 5.46. The van der Waals surface area contributed by atoms with Crippen LogP contribution >= 0.6 is 15.9 Å². The van der Waals surface area contributed by atoms with E-state index in [9.17, 15) is 18.3 Å². The van der Waals surface area contributed by atoms with Crippen LogP contribution in [0.2, 0.25) is 0 Å². The molecule has 5 nitrogen and oxygen atoms in total. The van der Waals surface area contributed by atoms with Crippen molar-refractivity contribution in [2.45, 2.75) is 38.1 Å².